The molecule has 0 atom stereocenters. The Bertz CT molecular complexity index is 3490. The van der Waals surface area contributed by atoms with Crippen LogP contribution in [0.1, 0.15) is 22.5 Å². The highest BCUT2D eigenvalue weighted by Crippen LogP contribution is 2.43. The molecule has 0 radical (unpaired) electrons. The number of benzene rings is 8. The monoisotopic (exact) mass is 812 g/mol. The summed E-state index contributed by atoms with van der Waals surface area (Å²) < 4.78 is 12.6. The average molecular weight is 813 g/mol. The minimum Gasteiger partial charge on any atom is -0.456 e. The molecule has 0 saturated heterocycles. The van der Waals surface area contributed by atoms with E-state index in [9.17, 15) is 0 Å². The fourth-order valence-electron chi connectivity index (χ4n) is 8.62. The van der Waals surface area contributed by atoms with Gasteiger partial charge in [-0.2, -0.15) is 0 Å². The van der Waals surface area contributed by atoms with Gasteiger partial charge < -0.3 is 8.83 Å². The van der Waals surface area contributed by atoms with E-state index < -0.39 is 0 Å². The molecule has 0 fully saturated rings. The minimum atomic E-state index is 0.465. The van der Waals surface area contributed by atoms with Crippen molar-refractivity contribution < 1.29 is 8.83 Å². The first-order valence-corrected chi connectivity index (χ1v) is 21.2. The maximum Gasteiger partial charge on any atom is 0.227 e. The van der Waals surface area contributed by atoms with E-state index in [0.29, 0.717) is 29.8 Å². The first-order valence-electron chi connectivity index (χ1n) is 21.2. The van der Waals surface area contributed by atoms with Gasteiger partial charge in [0.25, 0.3) is 0 Å². The zero-order chi connectivity index (χ0) is 42.3. The third kappa shape index (κ3) is 7.17. The predicted octanol–water partition coefficient (Wildman–Crippen LogP) is 14.8. The molecule has 0 amide bonds. The Morgan fingerprint density at radius 2 is 1.06 bits per heavy atom. The molecule has 0 aliphatic rings. The molecule has 3 aromatic heterocycles. The number of aromatic nitrogens is 4. The molecule has 63 heavy (non-hydrogen) atoms. The lowest BCUT2D eigenvalue weighted by Crippen LogP contribution is -2.02. The van der Waals surface area contributed by atoms with E-state index in [4.69, 9.17) is 28.8 Å². The van der Waals surface area contributed by atoms with Crippen LogP contribution in [0.2, 0.25) is 0 Å². The minimum absolute atomic E-state index is 0.465. The lowest BCUT2D eigenvalue weighted by Gasteiger charge is -2.20. The number of rotatable bonds is 9. The van der Waals surface area contributed by atoms with E-state index >= 15 is 0 Å². The molecule has 3 heterocycles. The fraction of sp³-hybridized carbons (Fsp3) is 0.0526. The zero-order valence-corrected chi connectivity index (χ0v) is 34.8. The van der Waals surface area contributed by atoms with E-state index in [1.54, 1.807) is 0 Å². The first kappa shape index (κ1) is 37.8. The van der Waals surface area contributed by atoms with Crippen molar-refractivity contribution in [3.05, 3.63) is 211 Å². The number of hydrogen-bond acceptors (Lipinski definition) is 6. The van der Waals surface area contributed by atoms with Crippen LogP contribution >= 0.6 is 0 Å². The van der Waals surface area contributed by atoms with Gasteiger partial charge in [-0.25, -0.2) is 19.9 Å². The summed E-state index contributed by atoms with van der Waals surface area (Å²) in [5.41, 5.74) is 16.2. The summed E-state index contributed by atoms with van der Waals surface area (Å²) in [7, 11) is 0. The Kier molecular flexibility index (Phi) is 9.59. The third-order valence-electron chi connectivity index (χ3n) is 11.7. The lowest BCUT2D eigenvalue weighted by atomic mass is 9.83. The van der Waals surface area contributed by atoms with Crippen molar-refractivity contribution in [1.82, 2.24) is 19.9 Å². The van der Waals surface area contributed by atoms with Crippen molar-refractivity contribution in [3.63, 3.8) is 0 Å². The van der Waals surface area contributed by atoms with E-state index in [-0.39, 0.29) is 0 Å². The number of furan rings is 1. The summed E-state index contributed by atoms with van der Waals surface area (Å²) in [6, 6.07) is 62.5. The van der Waals surface area contributed by atoms with Gasteiger partial charge in [-0.05, 0) is 106 Å². The molecule has 11 aromatic rings. The average Bonchev–Trinajstić information content (AvgIpc) is 3.94. The number of allylic oxidation sites excluding steroid dienone is 1. The summed E-state index contributed by atoms with van der Waals surface area (Å²) in [5.74, 6) is 2.45. The number of fused-ring (bicyclic) bond motifs is 4. The van der Waals surface area contributed by atoms with Crippen LogP contribution in [0.15, 0.2) is 197 Å². The fourth-order valence-corrected chi connectivity index (χ4v) is 8.62. The van der Waals surface area contributed by atoms with Crippen LogP contribution < -0.4 is 0 Å². The number of hydrogen-bond donors (Lipinski definition) is 0. The van der Waals surface area contributed by atoms with Crippen molar-refractivity contribution in [2.75, 3.05) is 0 Å². The SMILES string of the molecule is Cc1ccccc1-c1ccc(-c2ccccc2C)c(-c2cccc(-c3nc4ccccc4o3)c2)c1/C=C/Cc1nc(-c2ccccc2)nc(-c2ccc3c(c2)oc2ccccc23)n1. The van der Waals surface area contributed by atoms with Crippen LogP contribution in [0.5, 0.6) is 0 Å². The van der Waals surface area contributed by atoms with Crippen LogP contribution in [0.3, 0.4) is 0 Å². The molecule has 6 heteroatoms. The maximum atomic E-state index is 6.30. The summed E-state index contributed by atoms with van der Waals surface area (Å²) in [4.78, 5) is 20.1. The topological polar surface area (TPSA) is 77.8 Å². The number of para-hydroxylation sites is 3. The van der Waals surface area contributed by atoms with E-state index in [2.05, 4.69) is 129 Å². The molecular weight excluding hydrogens is 773 g/mol. The standard InChI is InChI=1S/C57H40N4O2/c1-36-16-6-8-22-42(36)44-32-33-48(43-23-9-7-17-37(43)2)54(39-20-14-21-41(34-39)57-58-49-26-11-13-28-51(49)63-57)47(44)25-15-29-53-59-55(38-18-4-3-5-19-38)61-56(60-53)40-30-31-46-45-24-10-12-27-50(45)62-52(46)35-40/h3-28,30-35H,29H2,1-2H3/b25-15+. The first-order chi connectivity index (χ1) is 31.0. The lowest BCUT2D eigenvalue weighted by molar-refractivity contribution is 0.620. The van der Waals surface area contributed by atoms with Crippen molar-refractivity contribution >= 4 is 39.1 Å². The van der Waals surface area contributed by atoms with E-state index in [1.807, 2.05) is 78.9 Å². The Morgan fingerprint density at radius 3 is 1.86 bits per heavy atom. The molecule has 0 bridgehead atoms. The van der Waals surface area contributed by atoms with Crippen LogP contribution in [0.25, 0.3) is 107 Å². The van der Waals surface area contributed by atoms with E-state index in [0.717, 1.165) is 77.5 Å². The second-order valence-electron chi connectivity index (χ2n) is 15.8. The van der Waals surface area contributed by atoms with Gasteiger partial charge in [-0.1, -0.05) is 152 Å². The normalized spacial score (nSPS) is 11.7. The van der Waals surface area contributed by atoms with Crippen molar-refractivity contribution in [3.8, 4) is 67.6 Å². The Labute approximate surface area is 364 Å². The number of oxazole rings is 1. The van der Waals surface area contributed by atoms with Gasteiger partial charge >= 0.3 is 0 Å². The quantitative estimate of drug-likeness (QED) is 0.144. The molecule has 8 aromatic carbocycles. The molecule has 0 N–H and O–H groups in total. The van der Waals surface area contributed by atoms with Crippen molar-refractivity contribution in [2.24, 2.45) is 0 Å². The number of aryl methyl sites for hydroxylation is 2. The largest absolute Gasteiger partial charge is 0.456 e. The third-order valence-corrected chi connectivity index (χ3v) is 11.7. The summed E-state index contributed by atoms with van der Waals surface area (Å²) in [6.45, 7) is 4.35. The molecular formula is C57H40N4O2. The number of nitrogens with zero attached hydrogens (tertiary/aromatic N) is 4. The van der Waals surface area contributed by atoms with E-state index in [1.165, 1.54) is 22.3 Å². The molecule has 11 rings (SSSR count). The summed E-state index contributed by atoms with van der Waals surface area (Å²) >= 11 is 0. The second kappa shape index (κ2) is 16.0. The summed E-state index contributed by atoms with van der Waals surface area (Å²) in [6.07, 6.45) is 4.90. The predicted molar refractivity (Wildman–Crippen MR) is 256 cm³/mol. The molecule has 0 unspecified atom stereocenters. The highest BCUT2D eigenvalue weighted by molar-refractivity contribution is 6.05. The maximum absolute atomic E-state index is 6.30. The smallest absolute Gasteiger partial charge is 0.227 e. The van der Waals surface area contributed by atoms with Gasteiger partial charge in [0.1, 0.15) is 22.5 Å². The highest BCUT2D eigenvalue weighted by Gasteiger charge is 2.20. The zero-order valence-electron chi connectivity index (χ0n) is 34.8. The van der Waals surface area contributed by atoms with Crippen LogP contribution in [-0.4, -0.2) is 19.9 Å². The van der Waals surface area contributed by atoms with Gasteiger partial charge in [-0.15, -0.1) is 0 Å². The molecule has 300 valence electrons. The Hall–Kier alpha value is -8.22. The van der Waals surface area contributed by atoms with Crippen molar-refractivity contribution in [2.45, 2.75) is 20.3 Å². The van der Waals surface area contributed by atoms with Crippen LogP contribution in [0.4, 0.5) is 0 Å². The Morgan fingerprint density at radius 1 is 0.429 bits per heavy atom. The van der Waals surface area contributed by atoms with Crippen LogP contribution in [0, 0.1) is 13.8 Å². The molecule has 0 aliphatic carbocycles. The highest BCUT2D eigenvalue weighted by atomic mass is 16.3. The molecule has 0 aliphatic heterocycles. The van der Waals surface area contributed by atoms with Gasteiger partial charge in [0, 0.05) is 33.9 Å². The Balaban J connectivity index is 1.07. The van der Waals surface area contributed by atoms with Crippen LogP contribution in [-0.2, 0) is 6.42 Å². The van der Waals surface area contributed by atoms with Gasteiger partial charge in [0.05, 0.1) is 0 Å². The van der Waals surface area contributed by atoms with Gasteiger partial charge in [0.2, 0.25) is 5.89 Å². The van der Waals surface area contributed by atoms with Gasteiger partial charge in [-0.3, -0.25) is 0 Å². The summed E-state index contributed by atoms with van der Waals surface area (Å²) in [5, 5.41) is 2.14. The second-order valence-corrected chi connectivity index (χ2v) is 15.8. The van der Waals surface area contributed by atoms with Crippen molar-refractivity contribution in [1.29, 1.82) is 0 Å². The molecule has 0 spiro atoms. The van der Waals surface area contributed by atoms with Gasteiger partial charge in [0.15, 0.2) is 17.2 Å². The molecule has 6 nitrogen and oxygen atoms in total. The molecule has 0 saturated carbocycles.